The van der Waals surface area contributed by atoms with Gasteiger partial charge < -0.3 is 30.9 Å². The van der Waals surface area contributed by atoms with E-state index < -0.39 is 11.5 Å². The van der Waals surface area contributed by atoms with Crippen molar-refractivity contribution in [3.63, 3.8) is 0 Å². The highest BCUT2D eigenvalue weighted by Crippen LogP contribution is 2.28. The lowest BCUT2D eigenvalue weighted by Crippen LogP contribution is -2.34. The normalized spacial score (nSPS) is 19.1. The molecule has 2 amide bonds. The zero-order chi connectivity index (χ0) is 25.9. The van der Waals surface area contributed by atoms with Gasteiger partial charge in [-0.3, -0.25) is 14.6 Å². The third kappa shape index (κ3) is 5.77. The average Bonchev–Trinajstić information content (AvgIpc) is 3.47. The molecule has 1 unspecified atom stereocenters. The van der Waals surface area contributed by atoms with Crippen molar-refractivity contribution in [2.24, 2.45) is 5.92 Å². The number of aliphatic hydroxyl groups is 1. The van der Waals surface area contributed by atoms with Crippen LogP contribution < -0.4 is 16.0 Å². The fourth-order valence-corrected chi connectivity index (χ4v) is 4.08. The quantitative estimate of drug-likeness (QED) is 0.356. The van der Waals surface area contributed by atoms with Crippen LogP contribution in [0, 0.1) is 18.3 Å². The SMILES string of the molecule is Cc1cc(-c2nc(C(=O)NC3=C/C(=C/NCCC4CCNC4=O)C(=N)C=C3C(C)(C)O)co2)ccn1. The van der Waals surface area contributed by atoms with Gasteiger partial charge in [-0.05, 0) is 57.9 Å². The summed E-state index contributed by atoms with van der Waals surface area (Å²) in [6.45, 7) is 6.31. The van der Waals surface area contributed by atoms with Gasteiger partial charge in [0.15, 0.2) is 5.69 Å². The summed E-state index contributed by atoms with van der Waals surface area (Å²) in [6, 6.07) is 3.55. The second-order valence-electron chi connectivity index (χ2n) is 9.39. The third-order valence-corrected chi connectivity index (χ3v) is 6.03. The number of carbonyl (C=O) groups is 2. The Balaban J connectivity index is 1.49. The van der Waals surface area contributed by atoms with Crippen molar-refractivity contribution in [2.45, 2.75) is 39.2 Å². The molecule has 0 aromatic carbocycles. The summed E-state index contributed by atoms with van der Waals surface area (Å²) in [7, 11) is 0. The molecule has 5 N–H and O–H groups in total. The molecular formula is C26H30N6O4. The maximum Gasteiger partial charge on any atom is 0.277 e. The summed E-state index contributed by atoms with van der Waals surface area (Å²) in [4.78, 5) is 33.2. The summed E-state index contributed by atoms with van der Waals surface area (Å²) < 4.78 is 5.50. The van der Waals surface area contributed by atoms with Gasteiger partial charge in [0.25, 0.3) is 5.91 Å². The molecule has 1 aliphatic heterocycles. The standard InChI is InChI=1S/C26H30N6O4/c1-15-10-17(6-8-29-15)25-32-22(14-36-25)24(34)31-21-11-18(20(27)12-19(21)26(2,3)35)13-28-7-4-16-5-9-30-23(16)33/h6,8,10-14,16,27-28,35H,4-5,7,9H2,1-3H3,(H,30,33)(H,31,34)/b18-13-,27-20?. The lowest BCUT2D eigenvalue weighted by atomic mass is 9.87. The van der Waals surface area contributed by atoms with Crippen molar-refractivity contribution in [3.8, 4) is 11.5 Å². The molecule has 188 valence electrons. The second kappa shape index (κ2) is 10.3. The molecule has 10 heteroatoms. The molecule has 2 aromatic rings. The molecule has 2 aliphatic rings. The van der Waals surface area contributed by atoms with E-state index >= 15 is 0 Å². The highest BCUT2D eigenvalue weighted by Gasteiger charge is 2.29. The monoisotopic (exact) mass is 490 g/mol. The van der Waals surface area contributed by atoms with Crippen molar-refractivity contribution in [2.75, 3.05) is 13.1 Å². The molecule has 1 aliphatic carbocycles. The van der Waals surface area contributed by atoms with Gasteiger partial charge in [-0.1, -0.05) is 0 Å². The average molecular weight is 491 g/mol. The Hall–Kier alpha value is -4.05. The first-order chi connectivity index (χ1) is 17.1. The van der Waals surface area contributed by atoms with Crippen LogP contribution in [0.3, 0.4) is 0 Å². The van der Waals surface area contributed by atoms with Gasteiger partial charge >= 0.3 is 0 Å². The van der Waals surface area contributed by atoms with Gasteiger partial charge in [-0.2, -0.15) is 0 Å². The minimum atomic E-state index is -1.30. The Bertz CT molecular complexity index is 1280. The van der Waals surface area contributed by atoms with Crippen molar-refractivity contribution >= 4 is 17.5 Å². The number of allylic oxidation sites excluding steroid dienone is 3. The van der Waals surface area contributed by atoms with Gasteiger partial charge in [0.05, 0.1) is 11.3 Å². The van der Waals surface area contributed by atoms with Gasteiger partial charge in [0.1, 0.15) is 6.26 Å². The fourth-order valence-electron chi connectivity index (χ4n) is 4.08. The number of aromatic nitrogens is 2. The number of amides is 2. The fraction of sp³-hybridized carbons (Fsp3) is 0.346. The van der Waals surface area contributed by atoms with Crippen LogP contribution in [-0.2, 0) is 4.79 Å². The zero-order valence-electron chi connectivity index (χ0n) is 20.5. The smallest absolute Gasteiger partial charge is 0.277 e. The van der Waals surface area contributed by atoms with Crippen LogP contribution in [0.15, 0.2) is 64.2 Å². The van der Waals surface area contributed by atoms with Gasteiger partial charge in [-0.15, -0.1) is 0 Å². The molecule has 3 heterocycles. The number of oxazole rings is 1. The number of rotatable bonds is 8. The Labute approximate surface area is 209 Å². The Morgan fingerprint density at radius 2 is 2.19 bits per heavy atom. The first kappa shape index (κ1) is 25.1. The molecule has 36 heavy (non-hydrogen) atoms. The molecule has 1 fully saturated rings. The van der Waals surface area contributed by atoms with E-state index in [0.29, 0.717) is 47.8 Å². The first-order valence-corrected chi connectivity index (χ1v) is 11.8. The van der Waals surface area contributed by atoms with E-state index in [0.717, 1.165) is 12.1 Å². The number of hydrogen-bond acceptors (Lipinski definition) is 8. The minimum absolute atomic E-state index is 0.00259. The summed E-state index contributed by atoms with van der Waals surface area (Å²) in [5.74, 6) is -0.140. The Morgan fingerprint density at radius 3 is 2.89 bits per heavy atom. The van der Waals surface area contributed by atoms with Crippen LogP contribution in [0.1, 0.15) is 42.9 Å². The number of hydrogen-bond donors (Lipinski definition) is 5. The summed E-state index contributed by atoms with van der Waals surface area (Å²) in [6.07, 6.45) is 9.27. The number of nitrogens with one attached hydrogen (secondary N) is 4. The van der Waals surface area contributed by atoms with Gasteiger partial charge in [-0.25, -0.2) is 4.98 Å². The van der Waals surface area contributed by atoms with Crippen LogP contribution >= 0.6 is 0 Å². The van der Waals surface area contributed by atoms with E-state index in [9.17, 15) is 14.7 Å². The molecular weight excluding hydrogens is 460 g/mol. The van der Waals surface area contributed by atoms with E-state index in [4.69, 9.17) is 9.83 Å². The maximum atomic E-state index is 13.0. The van der Waals surface area contributed by atoms with Gasteiger partial charge in [0, 0.05) is 59.5 Å². The predicted molar refractivity (Wildman–Crippen MR) is 134 cm³/mol. The molecule has 0 bridgehead atoms. The number of carbonyl (C=O) groups excluding carboxylic acids is 2. The van der Waals surface area contributed by atoms with E-state index in [1.54, 1.807) is 44.5 Å². The number of nitrogens with zero attached hydrogens (tertiary/aromatic N) is 2. The van der Waals surface area contributed by atoms with Crippen molar-refractivity contribution in [1.29, 1.82) is 5.41 Å². The Morgan fingerprint density at radius 1 is 1.39 bits per heavy atom. The molecule has 0 radical (unpaired) electrons. The molecule has 1 saturated heterocycles. The largest absolute Gasteiger partial charge is 0.444 e. The number of pyridine rings is 1. The molecule has 4 rings (SSSR count). The molecule has 1 atom stereocenters. The van der Waals surface area contributed by atoms with Crippen molar-refractivity contribution in [3.05, 3.63) is 71.2 Å². The zero-order valence-corrected chi connectivity index (χ0v) is 20.5. The van der Waals surface area contributed by atoms with Crippen molar-refractivity contribution in [1.82, 2.24) is 25.9 Å². The summed E-state index contributed by atoms with van der Waals surface area (Å²) >= 11 is 0. The van der Waals surface area contributed by atoms with E-state index in [1.807, 2.05) is 6.92 Å². The lowest BCUT2D eigenvalue weighted by molar-refractivity contribution is -0.122. The van der Waals surface area contributed by atoms with E-state index in [-0.39, 0.29) is 23.2 Å². The summed E-state index contributed by atoms with van der Waals surface area (Å²) in [5.41, 5.74) is 1.75. The van der Waals surface area contributed by atoms with Crippen LogP contribution in [0.2, 0.25) is 0 Å². The van der Waals surface area contributed by atoms with Crippen LogP contribution in [0.5, 0.6) is 0 Å². The molecule has 0 spiro atoms. The van der Waals surface area contributed by atoms with Crippen LogP contribution in [0.4, 0.5) is 0 Å². The van der Waals surface area contributed by atoms with E-state index in [1.165, 1.54) is 12.3 Å². The highest BCUT2D eigenvalue weighted by atomic mass is 16.3. The summed E-state index contributed by atoms with van der Waals surface area (Å²) in [5, 5.41) is 27.8. The molecule has 10 nitrogen and oxygen atoms in total. The van der Waals surface area contributed by atoms with Crippen LogP contribution in [-0.4, -0.2) is 51.3 Å². The topological polar surface area (TPSA) is 153 Å². The first-order valence-electron chi connectivity index (χ1n) is 11.8. The lowest BCUT2D eigenvalue weighted by Gasteiger charge is -2.27. The molecule has 2 aromatic heterocycles. The van der Waals surface area contributed by atoms with E-state index in [2.05, 4.69) is 25.9 Å². The maximum absolute atomic E-state index is 13.0. The second-order valence-corrected chi connectivity index (χ2v) is 9.39. The van der Waals surface area contributed by atoms with Crippen LogP contribution in [0.25, 0.3) is 11.5 Å². The van der Waals surface area contributed by atoms with Crippen molar-refractivity contribution < 1.29 is 19.1 Å². The predicted octanol–water partition coefficient (Wildman–Crippen LogP) is 2.39. The molecule has 0 saturated carbocycles. The number of aryl methyl sites for hydroxylation is 1. The Kier molecular flexibility index (Phi) is 7.16. The minimum Gasteiger partial charge on any atom is -0.444 e. The highest BCUT2D eigenvalue weighted by molar-refractivity contribution is 6.11. The third-order valence-electron chi connectivity index (χ3n) is 6.03. The van der Waals surface area contributed by atoms with Gasteiger partial charge in [0.2, 0.25) is 11.8 Å².